The lowest BCUT2D eigenvalue weighted by atomic mass is 10.0. The lowest BCUT2D eigenvalue weighted by molar-refractivity contribution is 0.242. The molecule has 2 rings (SSSR count). The first-order valence-corrected chi connectivity index (χ1v) is 7.69. The zero-order valence-corrected chi connectivity index (χ0v) is 13.0. The molecule has 0 heterocycles. The Balaban J connectivity index is 1.81. The molecule has 1 saturated carbocycles. The molecule has 1 aromatic rings. The Morgan fingerprint density at radius 2 is 2.05 bits per heavy atom. The van der Waals surface area contributed by atoms with E-state index in [1.54, 1.807) is 7.11 Å². The van der Waals surface area contributed by atoms with Crippen LogP contribution in [0.15, 0.2) is 24.3 Å². The molecule has 20 heavy (non-hydrogen) atoms. The van der Waals surface area contributed by atoms with Crippen molar-refractivity contribution in [1.29, 1.82) is 0 Å². The first kappa shape index (κ1) is 15.3. The Bertz CT molecular complexity index is 417. The maximum Gasteiger partial charge on any atom is 0.122 e. The number of hydrogen-bond acceptors (Lipinski definition) is 3. The fourth-order valence-corrected chi connectivity index (χ4v) is 2.68. The van der Waals surface area contributed by atoms with Gasteiger partial charge in [0.2, 0.25) is 0 Å². The number of para-hydroxylation sites is 1. The Kier molecular flexibility index (Phi) is 5.44. The zero-order chi connectivity index (χ0) is 14.5. The molecule has 1 aliphatic rings. The van der Waals surface area contributed by atoms with Crippen LogP contribution in [0.5, 0.6) is 5.75 Å². The highest BCUT2D eigenvalue weighted by Gasteiger charge is 2.28. The summed E-state index contributed by atoms with van der Waals surface area (Å²) in [7, 11) is 3.93. The van der Waals surface area contributed by atoms with Crippen LogP contribution in [0.1, 0.15) is 31.7 Å². The summed E-state index contributed by atoms with van der Waals surface area (Å²) in [5.74, 6) is 1.79. The molecule has 2 N–H and O–H groups in total. The number of benzene rings is 1. The van der Waals surface area contributed by atoms with Crippen LogP contribution in [-0.2, 0) is 6.42 Å². The van der Waals surface area contributed by atoms with Gasteiger partial charge < -0.3 is 15.4 Å². The van der Waals surface area contributed by atoms with E-state index in [0.29, 0.717) is 12.1 Å². The van der Waals surface area contributed by atoms with Crippen molar-refractivity contribution in [2.45, 2.75) is 44.7 Å². The highest BCUT2D eigenvalue weighted by Crippen LogP contribution is 2.32. The van der Waals surface area contributed by atoms with Gasteiger partial charge in [0, 0.05) is 12.1 Å². The number of nitrogens with zero attached hydrogens (tertiary/aromatic N) is 1. The molecule has 1 fully saturated rings. The van der Waals surface area contributed by atoms with Crippen LogP contribution in [0.4, 0.5) is 0 Å². The van der Waals surface area contributed by atoms with Gasteiger partial charge in [-0.05, 0) is 63.7 Å². The standard InChI is InChI=1S/C17H28N2O/c1-13(12-15-6-4-5-7-17(15)20-3)19(2)11-10-16(18)14-8-9-14/h4-7,13-14,16H,8-12,18H2,1-3H3. The number of methoxy groups -OCH3 is 1. The minimum absolute atomic E-state index is 0.399. The minimum Gasteiger partial charge on any atom is -0.496 e. The second kappa shape index (κ2) is 7.09. The Labute approximate surface area is 123 Å². The van der Waals surface area contributed by atoms with E-state index < -0.39 is 0 Å². The van der Waals surface area contributed by atoms with Crippen LogP contribution < -0.4 is 10.5 Å². The van der Waals surface area contributed by atoms with Crippen molar-refractivity contribution in [3.05, 3.63) is 29.8 Å². The molecule has 2 atom stereocenters. The van der Waals surface area contributed by atoms with Crippen molar-refractivity contribution in [2.24, 2.45) is 11.7 Å². The molecule has 0 aliphatic heterocycles. The van der Waals surface area contributed by atoms with Gasteiger partial charge in [0.15, 0.2) is 0 Å². The lowest BCUT2D eigenvalue weighted by Crippen LogP contribution is -2.35. The molecule has 0 radical (unpaired) electrons. The van der Waals surface area contributed by atoms with Crippen LogP contribution >= 0.6 is 0 Å². The molecule has 0 aromatic heterocycles. The fourth-order valence-electron chi connectivity index (χ4n) is 2.68. The van der Waals surface area contributed by atoms with Crippen LogP contribution in [0.3, 0.4) is 0 Å². The van der Waals surface area contributed by atoms with Crippen molar-refractivity contribution >= 4 is 0 Å². The SMILES string of the molecule is COc1ccccc1CC(C)N(C)CCC(N)C1CC1. The van der Waals surface area contributed by atoms with Crippen LogP contribution in [-0.4, -0.2) is 37.7 Å². The monoisotopic (exact) mass is 276 g/mol. The molecule has 3 nitrogen and oxygen atoms in total. The van der Waals surface area contributed by atoms with E-state index in [4.69, 9.17) is 10.5 Å². The predicted molar refractivity (Wildman–Crippen MR) is 84.1 cm³/mol. The molecule has 2 unspecified atom stereocenters. The summed E-state index contributed by atoms with van der Waals surface area (Å²) in [6, 6.07) is 9.18. The van der Waals surface area contributed by atoms with Crippen molar-refractivity contribution in [1.82, 2.24) is 4.90 Å². The van der Waals surface area contributed by atoms with E-state index in [2.05, 4.69) is 31.0 Å². The zero-order valence-electron chi connectivity index (χ0n) is 13.0. The average Bonchev–Trinajstić information content (AvgIpc) is 3.29. The van der Waals surface area contributed by atoms with Gasteiger partial charge in [-0.3, -0.25) is 0 Å². The minimum atomic E-state index is 0.399. The predicted octanol–water partition coefficient (Wildman–Crippen LogP) is 2.69. The Morgan fingerprint density at radius 3 is 2.70 bits per heavy atom. The Morgan fingerprint density at radius 1 is 1.35 bits per heavy atom. The average molecular weight is 276 g/mol. The molecule has 1 aromatic carbocycles. The van der Waals surface area contributed by atoms with Crippen molar-refractivity contribution < 1.29 is 4.74 Å². The first-order chi connectivity index (χ1) is 9.61. The topological polar surface area (TPSA) is 38.5 Å². The van der Waals surface area contributed by atoms with Gasteiger partial charge in [0.25, 0.3) is 0 Å². The molecule has 3 heteroatoms. The second-order valence-corrected chi connectivity index (χ2v) is 6.14. The molecule has 0 amide bonds. The van der Waals surface area contributed by atoms with Gasteiger partial charge >= 0.3 is 0 Å². The summed E-state index contributed by atoms with van der Waals surface area (Å²) < 4.78 is 5.43. The Hall–Kier alpha value is -1.06. The fraction of sp³-hybridized carbons (Fsp3) is 0.647. The van der Waals surface area contributed by atoms with E-state index in [-0.39, 0.29) is 0 Å². The van der Waals surface area contributed by atoms with Gasteiger partial charge in [0.1, 0.15) is 5.75 Å². The van der Waals surface area contributed by atoms with E-state index in [0.717, 1.165) is 31.1 Å². The van der Waals surface area contributed by atoms with Gasteiger partial charge in [-0.1, -0.05) is 18.2 Å². The van der Waals surface area contributed by atoms with Crippen LogP contribution in [0, 0.1) is 5.92 Å². The number of rotatable bonds is 8. The number of ether oxygens (including phenoxy) is 1. The summed E-state index contributed by atoms with van der Waals surface area (Å²) in [6.07, 6.45) is 4.79. The van der Waals surface area contributed by atoms with Crippen LogP contribution in [0.2, 0.25) is 0 Å². The maximum absolute atomic E-state index is 6.18. The third kappa shape index (κ3) is 4.22. The molecule has 0 saturated heterocycles. The van der Waals surface area contributed by atoms with Gasteiger partial charge in [-0.15, -0.1) is 0 Å². The van der Waals surface area contributed by atoms with E-state index >= 15 is 0 Å². The number of hydrogen-bond donors (Lipinski definition) is 1. The van der Waals surface area contributed by atoms with Crippen molar-refractivity contribution in [2.75, 3.05) is 20.7 Å². The van der Waals surface area contributed by atoms with E-state index in [9.17, 15) is 0 Å². The molecule has 0 spiro atoms. The van der Waals surface area contributed by atoms with Gasteiger partial charge in [-0.25, -0.2) is 0 Å². The summed E-state index contributed by atoms with van der Waals surface area (Å²) in [5.41, 5.74) is 7.46. The normalized spacial score (nSPS) is 18.1. The smallest absolute Gasteiger partial charge is 0.122 e. The highest BCUT2D eigenvalue weighted by molar-refractivity contribution is 5.33. The van der Waals surface area contributed by atoms with Gasteiger partial charge in [0.05, 0.1) is 7.11 Å². The summed E-state index contributed by atoms with van der Waals surface area (Å²) in [4.78, 5) is 2.41. The molecular weight excluding hydrogens is 248 g/mol. The van der Waals surface area contributed by atoms with Gasteiger partial charge in [-0.2, -0.15) is 0 Å². The quantitative estimate of drug-likeness (QED) is 0.793. The number of nitrogens with two attached hydrogens (primary N) is 1. The largest absolute Gasteiger partial charge is 0.496 e. The summed E-state index contributed by atoms with van der Waals surface area (Å²) >= 11 is 0. The summed E-state index contributed by atoms with van der Waals surface area (Å²) in [6.45, 7) is 3.35. The first-order valence-electron chi connectivity index (χ1n) is 7.69. The molecule has 0 bridgehead atoms. The van der Waals surface area contributed by atoms with Crippen molar-refractivity contribution in [3.63, 3.8) is 0 Å². The lowest BCUT2D eigenvalue weighted by Gasteiger charge is -2.26. The van der Waals surface area contributed by atoms with E-state index in [1.165, 1.54) is 18.4 Å². The molecular formula is C17H28N2O. The molecule has 112 valence electrons. The van der Waals surface area contributed by atoms with E-state index in [1.807, 2.05) is 12.1 Å². The number of likely N-dealkylation sites (N-methyl/N-ethyl adjacent to an activating group) is 1. The van der Waals surface area contributed by atoms with Crippen LogP contribution in [0.25, 0.3) is 0 Å². The maximum atomic E-state index is 6.18. The summed E-state index contributed by atoms with van der Waals surface area (Å²) in [5, 5.41) is 0. The second-order valence-electron chi connectivity index (χ2n) is 6.14. The highest BCUT2D eigenvalue weighted by atomic mass is 16.5. The molecule has 1 aliphatic carbocycles. The third-order valence-electron chi connectivity index (χ3n) is 4.50. The van der Waals surface area contributed by atoms with Crippen molar-refractivity contribution in [3.8, 4) is 5.75 Å². The third-order valence-corrected chi connectivity index (χ3v) is 4.50.